The molecule has 9 heteroatoms. The first kappa shape index (κ1) is 27.2. The minimum absolute atomic E-state index is 0.0450. The van der Waals surface area contributed by atoms with Crippen molar-refractivity contribution in [2.24, 2.45) is 13.0 Å². The van der Waals surface area contributed by atoms with Crippen LogP contribution in [0.15, 0.2) is 70.5 Å². The van der Waals surface area contributed by atoms with Crippen molar-refractivity contribution in [1.29, 1.82) is 0 Å². The lowest BCUT2D eigenvalue weighted by Crippen LogP contribution is -2.46. The molecular weight excluding hydrogens is 580 g/mol. The highest BCUT2D eigenvalue weighted by atomic mass is 79.9. The summed E-state index contributed by atoms with van der Waals surface area (Å²) in [5, 5.41) is 4.80. The zero-order valence-corrected chi connectivity index (χ0v) is 25.5. The van der Waals surface area contributed by atoms with Gasteiger partial charge in [-0.3, -0.25) is 14.2 Å². The van der Waals surface area contributed by atoms with E-state index in [1.807, 2.05) is 89.7 Å². The molecule has 3 aromatic heterocycles. The minimum Gasteiger partial charge on any atom is -0.334 e. The summed E-state index contributed by atoms with van der Waals surface area (Å²) in [6, 6.07) is 13.5. The number of aryl methyl sites for hydroxylation is 2. The zero-order chi connectivity index (χ0) is 29.0. The summed E-state index contributed by atoms with van der Waals surface area (Å²) in [6.07, 6.45) is 6.72. The number of rotatable bonds is 5. The molecule has 0 saturated heterocycles. The molecule has 41 heavy (non-hydrogen) atoms. The first-order valence-corrected chi connectivity index (χ1v) is 14.7. The second-order valence-corrected chi connectivity index (χ2v) is 12.3. The molecule has 1 amide bonds. The normalized spacial score (nSPS) is 15.1. The van der Waals surface area contributed by atoms with Crippen molar-refractivity contribution < 1.29 is 4.79 Å². The maximum Gasteiger partial charge on any atom is 0.261 e. The Morgan fingerprint density at radius 3 is 2.54 bits per heavy atom. The average Bonchev–Trinajstić information content (AvgIpc) is 3.56. The Balaban J connectivity index is 1.49. The Kier molecular flexibility index (Phi) is 6.93. The first-order chi connectivity index (χ1) is 19.6. The smallest absolute Gasteiger partial charge is 0.261 e. The zero-order valence-electron chi connectivity index (χ0n) is 23.9. The van der Waals surface area contributed by atoms with Crippen molar-refractivity contribution in [1.82, 2.24) is 28.6 Å². The van der Waals surface area contributed by atoms with Crippen LogP contribution in [0.1, 0.15) is 53.5 Å². The lowest BCUT2D eigenvalue weighted by Gasteiger charge is -2.35. The highest BCUT2D eigenvalue weighted by Crippen LogP contribution is 2.29. The van der Waals surface area contributed by atoms with Gasteiger partial charge in [0.25, 0.3) is 11.5 Å². The van der Waals surface area contributed by atoms with Crippen LogP contribution >= 0.6 is 15.9 Å². The van der Waals surface area contributed by atoms with Gasteiger partial charge in [-0.2, -0.15) is 5.10 Å². The van der Waals surface area contributed by atoms with E-state index in [0.29, 0.717) is 30.0 Å². The fourth-order valence-electron chi connectivity index (χ4n) is 5.84. The fraction of sp³-hybridized carbons (Fsp3) is 0.312. The number of hydrogen-bond donors (Lipinski definition) is 0. The van der Waals surface area contributed by atoms with Crippen molar-refractivity contribution >= 4 is 27.5 Å². The number of carbonyl (C=O) groups is 1. The number of aromatic nitrogens is 5. The number of halogens is 1. The second-order valence-electron chi connectivity index (χ2n) is 11.5. The molecule has 0 bridgehead atoms. The van der Waals surface area contributed by atoms with E-state index in [1.165, 1.54) is 0 Å². The topological polar surface area (TPSA) is 77.4 Å². The van der Waals surface area contributed by atoms with Gasteiger partial charge in [-0.05, 0) is 74.1 Å². The van der Waals surface area contributed by atoms with Crippen LogP contribution in [0.3, 0.4) is 0 Å². The van der Waals surface area contributed by atoms with E-state index in [0.717, 1.165) is 50.3 Å². The van der Waals surface area contributed by atoms with Gasteiger partial charge >= 0.3 is 0 Å². The van der Waals surface area contributed by atoms with Crippen LogP contribution in [-0.4, -0.2) is 40.6 Å². The average molecular weight is 614 g/mol. The van der Waals surface area contributed by atoms with Gasteiger partial charge in [0.15, 0.2) is 0 Å². The van der Waals surface area contributed by atoms with Crippen LogP contribution < -0.4 is 5.56 Å². The quantitative estimate of drug-likeness (QED) is 0.253. The summed E-state index contributed by atoms with van der Waals surface area (Å²) in [5.74, 6) is 0.338. The number of carbonyl (C=O) groups excluding carboxylic acids is 1. The van der Waals surface area contributed by atoms with E-state index in [9.17, 15) is 9.59 Å². The molecule has 6 rings (SSSR count). The molecule has 0 N–H and O–H groups in total. The monoisotopic (exact) mass is 612 g/mol. The molecule has 1 atom stereocenters. The van der Waals surface area contributed by atoms with Crippen LogP contribution in [0, 0.1) is 12.8 Å². The molecule has 8 nitrogen and oxygen atoms in total. The van der Waals surface area contributed by atoms with Crippen LogP contribution in [-0.2, 0) is 26.4 Å². The van der Waals surface area contributed by atoms with Crippen LogP contribution in [0.2, 0.25) is 0 Å². The summed E-state index contributed by atoms with van der Waals surface area (Å²) < 4.78 is 6.64. The van der Waals surface area contributed by atoms with Gasteiger partial charge in [-0.25, -0.2) is 9.50 Å². The standard InChI is InChI=1S/C32H33BrN6O2/c1-19(2)12-24-15-35-39-29-17-37(31(40)23-8-11-27(33)20(3)13-23)21(4)14-26(29)32(41)38(30(24)39)25-9-6-22(7-10-25)28-16-34-18-36(28)5/h6-11,13,15-16,18-19,21H,12,14,17H2,1-5H3/t21-/m1/s1. The minimum atomic E-state index is -0.143. The number of hydrogen-bond acceptors (Lipinski definition) is 4. The number of nitrogens with zero attached hydrogens (tertiary/aromatic N) is 6. The van der Waals surface area contributed by atoms with Crippen molar-refractivity contribution in [2.45, 2.75) is 53.1 Å². The molecule has 0 fully saturated rings. The summed E-state index contributed by atoms with van der Waals surface area (Å²) in [4.78, 5) is 34.1. The van der Waals surface area contributed by atoms with E-state index < -0.39 is 0 Å². The highest BCUT2D eigenvalue weighted by molar-refractivity contribution is 9.10. The maximum absolute atomic E-state index is 14.3. The molecule has 2 aromatic carbocycles. The second kappa shape index (κ2) is 10.4. The molecule has 1 aliphatic heterocycles. The van der Waals surface area contributed by atoms with E-state index in [4.69, 9.17) is 5.10 Å². The first-order valence-electron chi connectivity index (χ1n) is 13.9. The van der Waals surface area contributed by atoms with Crippen LogP contribution in [0.5, 0.6) is 0 Å². The van der Waals surface area contributed by atoms with Gasteiger partial charge in [-0.1, -0.05) is 41.9 Å². The van der Waals surface area contributed by atoms with Gasteiger partial charge in [0, 0.05) is 34.3 Å². The van der Waals surface area contributed by atoms with Crippen molar-refractivity contribution in [3.63, 3.8) is 0 Å². The lowest BCUT2D eigenvalue weighted by molar-refractivity contribution is 0.0651. The number of imidazole rings is 1. The summed E-state index contributed by atoms with van der Waals surface area (Å²) in [5.41, 5.74) is 7.67. The fourth-order valence-corrected chi connectivity index (χ4v) is 6.09. The van der Waals surface area contributed by atoms with Crippen LogP contribution in [0.25, 0.3) is 22.6 Å². The van der Waals surface area contributed by atoms with Gasteiger partial charge in [-0.15, -0.1) is 0 Å². The van der Waals surface area contributed by atoms with Gasteiger partial charge in [0.1, 0.15) is 5.65 Å². The Morgan fingerprint density at radius 1 is 1.12 bits per heavy atom. The molecule has 0 radical (unpaired) electrons. The number of amides is 1. The van der Waals surface area contributed by atoms with E-state index in [-0.39, 0.29) is 17.5 Å². The largest absolute Gasteiger partial charge is 0.334 e. The van der Waals surface area contributed by atoms with E-state index >= 15 is 0 Å². The third kappa shape index (κ3) is 4.72. The van der Waals surface area contributed by atoms with Crippen molar-refractivity contribution in [3.05, 3.63) is 104 Å². The molecule has 210 valence electrons. The summed E-state index contributed by atoms with van der Waals surface area (Å²) in [7, 11) is 1.96. The third-order valence-corrected chi connectivity index (χ3v) is 8.87. The maximum atomic E-state index is 14.3. The summed E-state index contributed by atoms with van der Waals surface area (Å²) >= 11 is 3.53. The summed E-state index contributed by atoms with van der Waals surface area (Å²) in [6.45, 7) is 8.63. The van der Waals surface area contributed by atoms with Crippen LogP contribution in [0.4, 0.5) is 0 Å². The number of benzene rings is 2. The molecular formula is C32H33BrN6O2. The predicted octanol–water partition coefficient (Wildman–Crippen LogP) is 5.74. The molecule has 0 spiro atoms. The lowest BCUT2D eigenvalue weighted by atomic mass is 9.97. The number of fused-ring (bicyclic) bond motifs is 3. The highest BCUT2D eigenvalue weighted by Gasteiger charge is 2.33. The van der Waals surface area contributed by atoms with Crippen molar-refractivity contribution in [2.75, 3.05) is 0 Å². The molecule has 4 heterocycles. The molecule has 0 saturated carbocycles. The van der Waals surface area contributed by atoms with E-state index in [2.05, 4.69) is 34.8 Å². The molecule has 0 aliphatic carbocycles. The van der Waals surface area contributed by atoms with Gasteiger partial charge < -0.3 is 9.47 Å². The third-order valence-electron chi connectivity index (χ3n) is 7.98. The Hall–Kier alpha value is -3.98. The Bertz CT molecular complexity index is 1850. The molecule has 0 unspecified atom stereocenters. The predicted molar refractivity (Wildman–Crippen MR) is 163 cm³/mol. The SMILES string of the molecule is Cc1cc(C(=O)N2Cc3c(c(=O)n(-c4ccc(-c5cncn5C)cc4)c4c(CC(C)C)cnn34)C[C@H]2C)ccc1Br. The molecule has 5 aromatic rings. The van der Waals surface area contributed by atoms with Gasteiger partial charge in [0.2, 0.25) is 0 Å². The van der Waals surface area contributed by atoms with Gasteiger partial charge in [0.05, 0.1) is 42.3 Å². The van der Waals surface area contributed by atoms with E-state index in [1.54, 1.807) is 10.9 Å². The Labute approximate surface area is 247 Å². The van der Waals surface area contributed by atoms with Crippen molar-refractivity contribution in [3.8, 4) is 16.9 Å². The molecule has 1 aliphatic rings. The Morgan fingerprint density at radius 2 is 1.88 bits per heavy atom.